The van der Waals surface area contributed by atoms with Gasteiger partial charge in [0.25, 0.3) is 11.8 Å². The van der Waals surface area contributed by atoms with E-state index >= 15 is 0 Å². The minimum absolute atomic E-state index is 0.148. The Bertz CT molecular complexity index is 434. The van der Waals surface area contributed by atoms with Gasteiger partial charge in [-0.05, 0) is 42.9 Å². The Hall–Kier alpha value is -1.38. The highest BCUT2D eigenvalue weighted by Gasteiger charge is 2.42. The molecule has 3 aliphatic rings. The molecule has 0 N–H and O–H groups in total. The molecule has 19 heavy (non-hydrogen) atoms. The lowest BCUT2D eigenvalue weighted by Crippen LogP contribution is -2.31. The molecule has 3 nitrogen and oxygen atoms in total. The largest absolute Gasteiger partial charge is 0.275 e. The molecule has 0 saturated heterocycles. The van der Waals surface area contributed by atoms with E-state index in [-0.39, 0.29) is 11.8 Å². The Kier molecular flexibility index (Phi) is 3.29. The van der Waals surface area contributed by atoms with E-state index in [2.05, 4.69) is 19.1 Å². The molecule has 4 unspecified atom stereocenters. The summed E-state index contributed by atoms with van der Waals surface area (Å²) in [7, 11) is 0. The van der Waals surface area contributed by atoms with Crippen LogP contribution in [0.3, 0.4) is 0 Å². The first-order valence-corrected chi connectivity index (χ1v) is 7.42. The number of amides is 2. The van der Waals surface area contributed by atoms with Crippen LogP contribution in [0.25, 0.3) is 0 Å². The van der Waals surface area contributed by atoms with Crippen molar-refractivity contribution >= 4 is 11.8 Å². The van der Waals surface area contributed by atoms with Crippen molar-refractivity contribution in [3.63, 3.8) is 0 Å². The monoisotopic (exact) mass is 259 g/mol. The van der Waals surface area contributed by atoms with Gasteiger partial charge in [0.2, 0.25) is 0 Å². The molecule has 0 aromatic rings. The van der Waals surface area contributed by atoms with Gasteiger partial charge in [-0.3, -0.25) is 14.5 Å². The molecule has 2 bridgehead atoms. The maximum Gasteiger partial charge on any atom is 0.253 e. The third kappa shape index (κ3) is 2.15. The zero-order valence-corrected chi connectivity index (χ0v) is 11.4. The Morgan fingerprint density at radius 2 is 1.74 bits per heavy atom. The Labute approximate surface area is 114 Å². The third-order valence-electron chi connectivity index (χ3n) is 5.09. The Morgan fingerprint density at radius 1 is 1.11 bits per heavy atom. The van der Waals surface area contributed by atoms with Crippen LogP contribution in [0.4, 0.5) is 0 Å². The van der Waals surface area contributed by atoms with Crippen molar-refractivity contribution in [3.05, 3.63) is 24.3 Å². The van der Waals surface area contributed by atoms with Crippen molar-refractivity contribution in [2.24, 2.45) is 23.7 Å². The number of allylic oxidation sites excluding steroid dienone is 2. The number of fused-ring (bicyclic) bond motifs is 2. The van der Waals surface area contributed by atoms with E-state index in [1.807, 2.05) is 0 Å². The summed E-state index contributed by atoms with van der Waals surface area (Å²) < 4.78 is 0. The average molecular weight is 259 g/mol. The maximum absolute atomic E-state index is 11.5. The molecular weight excluding hydrogens is 238 g/mol. The van der Waals surface area contributed by atoms with E-state index in [9.17, 15) is 9.59 Å². The van der Waals surface area contributed by atoms with Crippen LogP contribution >= 0.6 is 0 Å². The fraction of sp³-hybridized carbons (Fsp3) is 0.625. The maximum atomic E-state index is 11.5. The van der Waals surface area contributed by atoms with E-state index in [1.165, 1.54) is 29.9 Å². The van der Waals surface area contributed by atoms with Crippen LogP contribution in [0.2, 0.25) is 0 Å². The summed E-state index contributed by atoms with van der Waals surface area (Å²) in [6.45, 7) is 2.86. The normalized spacial score (nSPS) is 35.9. The highest BCUT2D eigenvalue weighted by molar-refractivity contribution is 6.12. The molecule has 102 valence electrons. The molecule has 0 radical (unpaired) electrons. The highest BCUT2D eigenvalue weighted by atomic mass is 16.2. The number of carbonyl (C=O) groups excluding carboxylic acids is 2. The van der Waals surface area contributed by atoms with E-state index in [0.717, 1.165) is 36.5 Å². The zero-order valence-electron chi connectivity index (χ0n) is 11.4. The molecular formula is C16H21NO2. The first-order chi connectivity index (χ1) is 9.20. The van der Waals surface area contributed by atoms with E-state index in [4.69, 9.17) is 0 Å². The van der Waals surface area contributed by atoms with Crippen LogP contribution in [0, 0.1) is 23.7 Å². The smallest absolute Gasteiger partial charge is 0.253 e. The third-order valence-corrected chi connectivity index (χ3v) is 5.09. The van der Waals surface area contributed by atoms with Crippen molar-refractivity contribution in [3.8, 4) is 0 Å². The second-order valence-electron chi connectivity index (χ2n) is 5.99. The summed E-state index contributed by atoms with van der Waals surface area (Å²) in [6, 6.07) is 0. The standard InChI is InChI=1S/C16H21NO2/c1-2-13-11-5-6-12(10-11)14(13)4-3-9-17-15(18)7-8-16(17)19/h5-8,11-14H,2-4,9-10H2,1H3. The summed E-state index contributed by atoms with van der Waals surface area (Å²) in [5, 5.41) is 0. The van der Waals surface area contributed by atoms with Crippen molar-refractivity contribution in [2.45, 2.75) is 32.6 Å². The topological polar surface area (TPSA) is 37.4 Å². The fourth-order valence-corrected chi connectivity index (χ4v) is 4.20. The van der Waals surface area contributed by atoms with E-state index < -0.39 is 0 Å². The quantitative estimate of drug-likeness (QED) is 0.562. The van der Waals surface area contributed by atoms with Gasteiger partial charge in [0.1, 0.15) is 0 Å². The molecule has 1 aliphatic heterocycles. The first kappa shape index (κ1) is 12.6. The van der Waals surface area contributed by atoms with Gasteiger partial charge < -0.3 is 0 Å². The predicted molar refractivity (Wildman–Crippen MR) is 73.1 cm³/mol. The molecule has 2 aliphatic carbocycles. The fourth-order valence-electron chi connectivity index (χ4n) is 4.20. The number of nitrogens with zero attached hydrogens (tertiary/aromatic N) is 1. The van der Waals surface area contributed by atoms with Crippen LogP contribution in [0.5, 0.6) is 0 Å². The number of hydrogen-bond donors (Lipinski definition) is 0. The number of imide groups is 1. The number of carbonyl (C=O) groups is 2. The van der Waals surface area contributed by atoms with Gasteiger partial charge in [-0.25, -0.2) is 0 Å². The lowest BCUT2D eigenvalue weighted by atomic mass is 9.79. The van der Waals surface area contributed by atoms with Gasteiger partial charge in [0.05, 0.1) is 0 Å². The second-order valence-corrected chi connectivity index (χ2v) is 5.99. The SMILES string of the molecule is CCC1C2C=CC(C2)C1CCCN1C(=O)C=CC1=O. The van der Waals surface area contributed by atoms with Crippen LogP contribution < -0.4 is 0 Å². The van der Waals surface area contributed by atoms with Gasteiger partial charge in [-0.15, -0.1) is 0 Å². The van der Waals surface area contributed by atoms with Gasteiger partial charge in [0, 0.05) is 18.7 Å². The summed E-state index contributed by atoms with van der Waals surface area (Å²) >= 11 is 0. The van der Waals surface area contributed by atoms with Gasteiger partial charge in [-0.1, -0.05) is 25.5 Å². The molecule has 0 aromatic carbocycles. The van der Waals surface area contributed by atoms with E-state index in [0.29, 0.717) is 6.54 Å². The van der Waals surface area contributed by atoms with E-state index in [1.54, 1.807) is 0 Å². The van der Waals surface area contributed by atoms with Crippen molar-refractivity contribution in [1.82, 2.24) is 4.90 Å². The Balaban J connectivity index is 1.52. The van der Waals surface area contributed by atoms with Crippen molar-refractivity contribution < 1.29 is 9.59 Å². The predicted octanol–water partition coefficient (Wildman–Crippen LogP) is 2.54. The molecule has 3 heteroatoms. The van der Waals surface area contributed by atoms with Gasteiger partial charge >= 0.3 is 0 Å². The molecule has 4 atom stereocenters. The molecule has 2 amide bonds. The summed E-state index contributed by atoms with van der Waals surface area (Å²) in [5.41, 5.74) is 0. The summed E-state index contributed by atoms with van der Waals surface area (Å²) in [6.07, 6.45) is 12.2. The minimum Gasteiger partial charge on any atom is -0.275 e. The van der Waals surface area contributed by atoms with Crippen LogP contribution in [-0.2, 0) is 9.59 Å². The number of hydrogen-bond acceptors (Lipinski definition) is 2. The van der Waals surface area contributed by atoms with Crippen LogP contribution in [0.1, 0.15) is 32.6 Å². The van der Waals surface area contributed by atoms with Gasteiger partial charge in [-0.2, -0.15) is 0 Å². The number of rotatable bonds is 5. The molecule has 0 aromatic heterocycles. The second kappa shape index (κ2) is 4.95. The zero-order chi connectivity index (χ0) is 13.4. The molecule has 1 saturated carbocycles. The van der Waals surface area contributed by atoms with Gasteiger partial charge in [0.15, 0.2) is 0 Å². The summed E-state index contributed by atoms with van der Waals surface area (Å²) in [5.74, 6) is 2.82. The van der Waals surface area contributed by atoms with Crippen molar-refractivity contribution in [2.75, 3.05) is 6.54 Å². The Morgan fingerprint density at radius 3 is 2.37 bits per heavy atom. The molecule has 0 spiro atoms. The first-order valence-electron chi connectivity index (χ1n) is 7.42. The molecule has 1 fully saturated rings. The highest BCUT2D eigenvalue weighted by Crippen LogP contribution is 2.50. The summed E-state index contributed by atoms with van der Waals surface area (Å²) in [4.78, 5) is 24.3. The molecule has 3 rings (SSSR count). The minimum atomic E-state index is -0.148. The average Bonchev–Trinajstić information content (AvgIpc) is 3.08. The molecule has 1 heterocycles. The van der Waals surface area contributed by atoms with Crippen molar-refractivity contribution in [1.29, 1.82) is 0 Å². The lowest BCUT2D eigenvalue weighted by molar-refractivity contribution is -0.136. The van der Waals surface area contributed by atoms with Crippen LogP contribution in [-0.4, -0.2) is 23.3 Å². The lowest BCUT2D eigenvalue weighted by Gasteiger charge is -2.27. The van der Waals surface area contributed by atoms with Crippen LogP contribution in [0.15, 0.2) is 24.3 Å².